The first-order valence-corrected chi connectivity index (χ1v) is 20.0. The number of aryl methyl sites for hydroxylation is 2. The lowest BCUT2D eigenvalue weighted by atomic mass is 9.94. The quantitative estimate of drug-likeness (QED) is 0.152. The van der Waals surface area contributed by atoms with Crippen LogP contribution in [-0.2, 0) is 0 Å². The molecule has 0 aliphatic heterocycles. The molecule has 0 radical (unpaired) electrons. The molecule has 0 spiro atoms. The molecular formula is C53H37N3S. The minimum absolute atomic E-state index is 0.637. The second-order valence-electron chi connectivity index (χ2n) is 14.7. The Balaban J connectivity index is 1.32. The number of nitriles is 1. The van der Waals surface area contributed by atoms with E-state index >= 15 is 0 Å². The number of fused-ring (bicyclic) bond motifs is 8. The van der Waals surface area contributed by atoms with Crippen LogP contribution in [-0.4, -0.2) is 0 Å². The molecule has 3 nitrogen and oxygen atoms in total. The van der Waals surface area contributed by atoms with Gasteiger partial charge in [0.1, 0.15) is 0 Å². The van der Waals surface area contributed by atoms with E-state index in [0.717, 1.165) is 55.3 Å². The predicted molar refractivity (Wildman–Crippen MR) is 243 cm³/mol. The average molecular weight is 748 g/mol. The van der Waals surface area contributed by atoms with Crippen LogP contribution in [0.15, 0.2) is 188 Å². The maximum atomic E-state index is 10.6. The molecule has 0 saturated carbocycles. The smallest absolute Gasteiger partial charge is 0.0992 e. The van der Waals surface area contributed by atoms with Gasteiger partial charge < -0.3 is 9.80 Å². The van der Waals surface area contributed by atoms with Crippen LogP contribution in [0, 0.1) is 25.2 Å². The van der Waals surface area contributed by atoms with Crippen LogP contribution in [0.4, 0.5) is 34.1 Å². The molecule has 57 heavy (non-hydrogen) atoms. The molecule has 9 aromatic carbocycles. The molecule has 0 fully saturated rings. The molecule has 10 aromatic rings. The van der Waals surface area contributed by atoms with Crippen molar-refractivity contribution in [3.8, 4) is 17.2 Å². The fourth-order valence-corrected chi connectivity index (χ4v) is 9.60. The Bertz CT molecular complexity index is 3060. The lowest BCUT2D eigenvalue weighted by Crippen LogP contribution is -2.13. The standard InChI is InChI=1S/C53H37N3S/c1-35-21-25-41(26-22-35)56(42-27-23-36(2)24-28-42)44-32-38(31-43(33-44)55(39-13-5-3-6-14-39)40-15-7-4-8-16-40)49-29-37(34-54)30-50-51-47-19-11-9-17-45(47)46-18-10-12-20-48(46)53(51)57-52(49)50/h3-33H,1-2H3. The molecule has 0 amide bonds. The van der Waals surface area contributed by atoms with Crippen molar-refractivity contribution in [3.63, 3.8) is 0 Å². The van der Waals surface area contributed by atoms with Crippen LogP contribution in [0.2, 0.25) is 0 Å². The van der Waals surface area contributed by atoms with E-state index in [1.807, 2.05) is 11.3 Å². The van der Waals surface area contributed by atoms with Crippen molar-refractivity contribution < 1.29 is 0 Å². The zero-order valence-corrected chi connectivity index (χ0v) is 32.5. The molecule has 0 aliphatic carbocycles. The van der Waals surface area contributed by atoms with E-state index in [4.69, 9.17) is 0 Å². The Hall–Kier alpha value is -7.19. The highest BCUT2D eigenvalue weighted by molar-refractivity contribution is 7.27. The van der Waals surface area contributed by atoms with Crippen molar-refractivity contribution in [2.24, 2.45) is 0 Å². The number of hydrogen-bond donors (Lipinski definition) is 0. The van der Waals surface area contributed by atoms with Crippen LogP contribution in [0.25, 0.3) is 52.8 Å². The van der Waals surface area contributed by atoms with Gasteiger partial charge >= 0.3 is 0 Å². The zero-order chi connectivity index (χ0) is 38.5. The van der Waals surface area contributed by atoms with Gasteiger partial charge in [0.15, 0.2) is 0 Å². The summed E-state index contributed by atoms with van der Waals surface area (Å²) in [6.45, 7) is 4.25. The first-order valence-electron chi connectivity index (χ1n) is 19.2. The SMILES string of the molecule is Cc1ccc(N(c2ccc(C)cc2)c2cc(-c3cc(C#N)cc4c3sc3c5ccccc5c5ccccc5c43)cc(N(c3ccccc3)c3ccccc3)c2)cc1. The highest BCUT2D eigenvalue weighted by Crippen LogP contribution is 2.49. The Morgan fingerprint density at radius 1 is 0.404 bits per heavy atom. The summed E-state index contributed by atoms with van der Waals surface area (Å²) in [7, 11) is 0. The summed E-state index contributed by atoms with van der Waals surface area (Å²) in [6.07, 6.45) is 0. The lowest BCUT2D eigenvalue weighted by molar-refractivity contribution is 1.24. The average Bonchev–Trinajstić information content (AvgIpc) is 3.66. The minimum atomic E-state index is 0.637. The van der Waals surface area contributed by atoms with Crippen molar-refractivity contribution in [1.82, 2.24) is 0 Å². The van der Waals surface area contributed by atoms with Crippen LogP contribution in [0.5, 0.6) is 0 Å². The van der Waals surface area contributed by atoms with Gasteiger partial charge in [-0.05, 0) is 114 Å². The van der Waals surface area contributed by atoms with Crippen molar-refractivity contribution in [3.05, 3.63) is 205 Å². The van der Waals surface area contributed by atoms with Crippen LogP contribution < -0.4 is 9.80 Å². The fraction of sp³-hybridized carbons (Fsp3) is 0.0377. The fourth-order valence-electron chi connectivity index (χ4n) is 8.23. The summed E-state index contributed by atoms with van der Waals surface area (Å²) in [5, 5.41) is 17.8. The van der Waals surface area contributed by atoms with E-state index in [0.29, 0.717) is 5.56 Å². The second-order valence-corrected chi connectivity index (χ2v) is 15.7. The van der Waals surface area contributed by atoms with E-state index in [1.54, 1.807) is 0 Å². The molecule has 0 saturated heterocycles. The van der Waals surface area contributed by atoms with Gasteiger partial charge in [-0.15, -0.1) is 11.3 Å². The largest absolute Gasteiger partial charge is 0.310 e. The lowest BCUT2D eigenvalue weighted by Gasteiger charge is -2.30. The van der Waals surface area contributed by atoms with Gasteiger partial charge in [-0.25, -0.2) is 0 Å². The summed E-state index contributed by atoms with van der Waals surface area (Å²) in [6, 6.07) is 69.6. The van der Waals surface area contributed by atoms with Crippen LogP contribution >= 0.6 is 11.3 Å². The number of hydrogen-bond acceptors (Lipinski definition) is 4. The van der Waals surface area contributed by atoms with E-state index < -0.39 is 0 Å². The maximum absolute atomic E-state index is 10.6. The van der Waals surface area contributed by atoms with E-state index in [9.17, 15) is 5.26 Å². The summed E-state index contributed by atoms with van der Waals surface area (Å²) < 4.78 is 2.40. The topological polar surface area (TPSA) is 30.3 Å². The van der Waals surface area contributed by atoms with E-state index in [2.05, 4.69) is 218 Å². The monoisotopic (exact) mass is 747 g/mol. The first kappa shape index (κ1) is 34.3. The normalized spacial score (nSPS) is 11.3. The predicted octanol–water partition coefficient (Wildman–Crippen LogP) is 15.5. The molecule has 0 unspecified atom stereocenters. The van der Waals surface area contributed by atoms with Gasteiger partial charge in [-0.2, -0.15) is 5.26 Å². The molecule has 4 heteroatoms. The zero-order valence-electron chi connectivity index (χ0n) is 31.6. The third-order valence-corrected chi connectivity index (χ3v) is 12.2. The third-order valence-electron chi connectivity index (χ3n) is 10.9. The Labute approximate surface area is 336 Å². The number of para-hydroxylation sites is 2. The summed E-state index contributed by atoms with van der Waals surface area (Å²) in [4.78, 5) is 4.67. The minimum Gasteiger partial charge on any atom is -0.310 e. The van der Waals surface area contributed by atoms with Crippen molar-refractivity contribution in [1.29, 1.82) is 5.26 Å². The first-order chi connectivity index (χ1) is 28.0. The molecule has 0 N–H and O–H groups in total. The van der Waals surface area contributed by atoms with Crippen LogP contribution in [0.3, 0.4) is 0 Å². The third kappa shape index (κ3) is 6.06. The molecular weight excluding hydrogens is 711 g/mol. The van der Waals surface area contributed by atoms with Crippen LogP contribution in [0.1, 0.15) is 16.7 Å². The second kappa shape index (κ2) is 14.1. The van der Waals surface area contributed by atoms with Gasteiger partial charge in [0.2, 0.25) is 0 Å². The summed E-state index contributed by atoms with van der Waals surface area (Å²) in [5.74, 6) is 0. The van der Waals surface area contributed by atoms with Gasteiger partial charge in [0.25, 0.3) is 0 Å². The Kier molecular flexibility index (Phi) is 8.51. The van der Waals surface area contributed by atoms with Crippen molar-refractivity contribution >= 4 is 87.2 Å². The summed E-state index contributed by atoms with van der Waals surface area (Å²) >= 11 is 1.83. The number of anilines is 6. The Morgan fingerprint density at radius 3 is 1.39 bits per heavy atom. The number of benzene rings is 9. The number of rotatable bonds is 7. The molecule has 0 atom stereocenters. The molecule has 0 bridgehead atoms. The van der Waals surface area contributed by atoms with E-state index in [-0.39, 0.29) is 0 Å². The molecule has 10 rings (SSSR count). The molecule has 270 valence electrons. The van der Waals surface area contributed by atoms with Crippen molar-refractivity contribution in [2.75, 3.05) is 9.80 Å². The molecule has 1 aromatic heterocycles. The molecule has 1 heterocycles. The molecule has 0 aliphatic rings. The van der Waals surface area contributed by atoms with Gasteiger partial charge in [0.05, 0.1) is 11.6 Å². The van der Waals surface area contributed by atoms with Crippen molar-refractivity contribution in [2.45, 2.75) is 13.8 Å². The highest BCUT2D eigenvalue weighted by Gasteiger charge is 2.22. The summed E-state index contributed by atoms with van der Waals surface area (Å²) in [5.41, 5.74) is 11.4. The highest BCUT2D eigenvalue weighted by atomic mass is 32.1. The number of thiophene rings is 1. The maximum Gasteiger partial charge on any atom is 0.0992 e. The van der Waals surface area contributed by atoms with Gasteiger partial charge in [-0.1, -0.05) is 120 Å². The van der Waals surface area contributed by atoms with E-state index in [1.165, 1.54) is 42.8 Å². The van der Waals surface area contributed by atoms with Gasteiger partial charge in [-0.3, -0.25) is 0 Å². The van der Waals surface area contributed by atoms with Gasteiger partial charge in [0, 0.05) is 65.2 Å². The number of nitrogens with zero attached hydrogens (tertiary/aromatic N) is 3. The Morgan fingerprint density at radius 2 is 0.860 bits per heavy atom.